The van der Waals surface area contributed by atoms with Crippen LogP contribution in [0.2, 0.25) is 0 Å². The summed E-state index contributed by atoms with van der Waals surface area (Å²) in [6.45, 7) is 2.15. The van der Waals surface area contributed by atoms with Crippen molar-refractivity contribution in [2.45, 2.75) is 19.4 Å². The fourth-order valence-electron chi connectivity index (χ4n) is 1.92. The van der Waals surface area contributed by atoms with Gasteiger partial charge in [-0.2, -0.15) is 0 Å². The third-order valence-corrected chi connectivity index (χ3v) is 3.18. The number of alkyl halides is 1. The summed E-state index contributed by atoms with van der Waals surface area (Å²) in [6, 6.07) is 5.47. The van der Waals surface area contributed by atoms with Crippen LogP contribution in [0.25, 0.3) is 0 Å². The first-order chi connectivity index (χ1) is 10.2. The molecule has 21 heavy (non-hydrogen) atoms. The van der Waals surface area contributed by atoms with Gasteiger partial charge in [-0.3, -0.25) is 9.97 Å². The fourth-order valence-corrected chi connectivity index (χ4v) is 2.12. The molecule has 0 amide bonds. The predicted octanol–water partition coefficient (Wildman–Crippen LogP) is 3.12. The number of nitrogens with zero attached hydrogens (tertiary/aromatic N) is 2. The Bertz CT molecular complexity index is 620. The summed E-state index contributed by atoms with van der Waals surface area (Å²) in [5, 5.41) is 0. The third-order valence-electron chi connectivity index (χ3n) is 2.93. The van der Waals surface area contributed by atoms with Crippen molar-refractivity contribution in [3.8, 4) is 17.2 Å². The molecule has 0 aliphatic heterocycles. The molecular formula is C15H17ClN2O3. The number of hydrogen-bond acceptors (Lipinski definition) is 5. The van der Waals surface area contributed by atoms with Gasteiger partial charge in [0.25, 0.3) is 0 Å². The highest BCUT2D eigenvalue weighted by molar-refractivity contribution is 6.17. The van der Waals surface area contributed by atoms with E-state index in [1.165, 1.54) is 0 Å². The molecule has 112 valence electrons. The molecule has 6 heteroatoms. The Morgan fingerprint density at radius 1 is 1.05 bits per heavy atom. The van der Waals surface area contributed by atoms with Crippen molar-refractivity contribution in [2.24, 2.45) is 0 Å². The number of ether oxygens (including phenoxy) is 3. The molecule has 0 N–H and O–H groups in total. The Morgan fingerprint density at radius 2 is 1.86 bits per heavy atom. The largest absolute Gasteiger partial charge is 0.493 e. The van der Waals surface area contributed by atoms with E-state index in [-0.39, 0.29) is 6.61 Å². The van der Waals surface area contributed by atoms with E-state index in [1.807, 2.05) is 19.1 Å². The zero-order valence-electron chi connectivity index (χ0n) is 12.2. The lowest BCUT2D eigenvalue weighted by Gasteiger charge is -2.13. The fraction of sp³-hybridized carbons (Fsp3) is 0.333. The molecule has 0 aromatic carbocycles. The molecule has 0 fully saturated rings. The van der Waals surface area contributed by atoms with Crippen LogP contribution in [0.4, 0.5) is 0 Å². The van der Waals surface area contributed by atoms with Gasteiger partial charge in [-0.15, -0.1) is 11.6 Å². The Kier molecular flexibility index (Phi) is 5.22. The number of rotatable bonds is 6. The molecule has 2 aromatic rings. The highest BCUT2D eigenvalue weighted by Gasteiger charge is 2.13. The second-order valence-corrected chi connectivity index (χ2v) is 4.58. The van der Waals surface area contributed by atoms with Crippen LogP contribution in [0.15, 0.2) is 24.4 Å². The lowest BCUT2D eigenvalue weighted by molar-refractivity contribution is 0.282. The maximum absolute atomic E-state index is 5.89. The summed E-state index contributed by atoms with van der Waals surface area (Å²) >= 11 is 5.89. The first kappa shape index (κ1) is 15.4. The van der Waals surface area contributed by atoms with Crippen molar-refractivity contribution in [3.05, 3.63) is 41.5 Å². The van der Waals surface area contributed by atoms with Gasteiger partial charge in [0.15, 0.2) is 11.5 Å². The summed E-state index contributed by atoms with van der Waals surface area (Å²) in [7, 11) is 3.15. The molecule has 0 aliphatic rings. The zero-order chi connectivity index (χ0) is 15.2. The van der Waals surface area contributed by atoms with E-state index in [2.05, 4.69) is 9.97 Å². The van der Waals surface area contributed by atoms with E-state index in [1.54, 1.807) is 26.5 Å². The quantitative estimate of drug-likeness (QED) is 0.767. The van der Waals surface area contributed by atoms with Gasteiger partial charge in [-0.1, -0.05) is 0 Å². The molecule has 0 saturated heterocycles. The molecule has 5 nitrogen and oxygen atoms in total. The first-order valence-corrected chi connectivity index (χ1v) is 6.94. The predicted molar refractivity (Wildman–Crippen MR) is 80.2 cm³/mol. The molecule has 0 aliphatic carbocycles. The Hall–Kier alpha value is -2.01. The van der Waals surface area contributed by atoms with Crippen LogP contribution in [0, 0.1) is 6.92 Å². The van der Waals surface area contributed by atoms with Crippen LogP contribution >= 0.6 is 11.6 Å². The maximum Gasteiger partial charge on any atom is 0.185 e. The van der Waals surface area contributed by atoms with E-state index in [9.17, 15) is 0 Å². The number of halogens is 1. The maximum atomic E-state index is 5.89. The minimum Gasteiger partial charge on any atom is -0.493 e. The standard InChI is InChI=1S/C15H17ClN2O3/c1-10-4-5-13(11(8-16)18-10)21-9-12-15(20-3)14(19-2)6-7-17-12/h4-7H,8-9H2,1-3H3. The minimum absolute atomic E-state index is 0.245. The van der Waals surface area contributed by atoms with Crippen LogP contribution in [0.3, 0.4) is 0 Å². The summed E-state index contributed by atoms with van der Waals surface area (Å²) in [4.78, 5) is 8.61. The van der Waals surface area contributed by atoms with Crippen LogP contribution in [0.1, 0.15) is 17.1 Å². The Balaban J connectivity index is 2.20. The molecule has 0 spiro atoms. The molecule has 2 heterocycles. The molecule has 2 aromatic heterocycles. The van der Waals surface area contributed by atoms with Gasteiger partial charge in [0.05, 0.1) is 25.8 Å². The summed E-state index contributed by atoms with van der Waals surface area (Å²) in [6.07, 6.45) is 1.65. The smallest absolute Gasteiger partial charge is 0.185 e. The minimum atomic E-state index is 0.245. The first-order valence-electron chi connectivity index (χ1n) is 6.40. The van der Waals surface area contributed by atoms with E-state index in [0.717, 1.165) is 5.69 Å². The Labute approximate surface area is 128 Å². The number of methoxy groups -OCH3 is 2. The SMILES string of the molecule is COc1ccnc(COc2ccc(C)nc2CCl)c1OC. The lowest BCUT2D eigenvalue weighted by Crippen LogP contribution is -2.05. The molecular weight excluding hydrogens is 292 g/mol. The summed E-state index contributed by atoms with van der Waals surface area (Å²) in [5.74, 6) is 2.11. The van der Waals surface area contributed by atoms with E-state index >= 15 is 0 Å². The van der Waals surface area contributed by atoms with Crippen molar-refractivity contribution in [3.63, 3.8) is 0 Å². The highest BCUT2D eigenvalue weighted by Crippen LogP contribution is 2.30. The van der Waals surface area contributed by atoms with Gasteiger partial charge < -0.3 is 14.2 Å². The Morgan fingerprint density at radius 3 is 2.52 bits per heavy atom. The normalized spacial score (nSPS) is 10.3. The van der Waals surface area contributed by atoms with Crippen LogP contribution in [0.5, 0.6) is 17.2 Å². The van der Waals surface area contributed by atoms with Crippen LogP contribution in [-0.4, -0.2) is 24.2 Å². The van der Waals surface area contributed by atoms with Crippen LogP contribution < -0.4 is 14.2 Å². The molecule has 0 radical (unpaired) electrons. The molecule has 0 atom stereocenters. The van der Waals surface area contributed by atoms with Gasteiger partial charge in [0.1, 0.15) is 18.1 Å². The summed E-state index contributed by atoms with van der Waals surface area (Å²) < 4.78 is 16.3. The summed E-state index contributed by atoms with van der Waals surface area (Å²) in [5.41, 5.74) is 2.26. The average molecular weight is 309 g/mol. The van der Waals surface area contributed by atoms with E-state index in [0.29, 0.717) is 34.5 Å². The second-order valence-electron chi connectivity index (χ2n) is 4.31. The molecule has 2 rings (SSSR count). The second kappa shape index (κ2) is 7.13. The van der Waals surface area contributed by atoms with E-state index in [4.69, 9.17) is 25.8 Å². The van der Waals surface area contributed by atoms with Crippen molar-refractivity contribution >= 4 is 11.6 Å². The molecule has 0 saturated carbocycles. The van der Waals surface area contributed by atoms with Gasteiger partial charge in [-0.05, 0) is 19.1 Å². The van der Waals surface area contributed by atoms with Crippen molar-refractivity contribution in [2.75, 3.05) is 14.2 Å². The van der Waals surface area contributed by atoms with Gasteiger partial charge >= 0.3 is 0 Å². The lowest BCUT2D eigenvalue weighted by atomic mass is 10.3. The number of pyridine rings is 2. The molecule has 0 unspecified atom stereocenters. The highest BCUT2D eigenvalue weighted by atomic mass is 35.5. The van der Waals surface area contributed by atoms with Gasteiger partial charge in [0, 0.05) is 18.0 Å². The topological polar surface area (TPSA) is 53.5 Å². The third kappa shape index (κ3) is 3.55. The van der Waals surface area contributed by atoms with Crippen molar-refractivity contribution < 1.29 is 14.2 Å². The zero-order valence-corrected chi connectivity index (χ0v) is 13.0. The van der Waals surface area contributed by atoms with E-state index < -0.39 is 0 Å². The van der Waals surface area contributed by atoms with Gasteiger partial charge in [0.2, 0.25) is 0 Å². The van der Waals surface area contributed by atoms with Crippen molar-refractivity contribution in [1.29, 1.82) is 0 Å². The van der Waals surface area contributed by atoms with Gasteiger partial charge in [-0.25, -0.2) is 0 Å². The monoisotopic (exact) mass is 308 g/mol. The number of aromatic nitrogens is 2. The molecule has 0 bridgehead atoms. The number of hydrogen-bond donors (Lipinski definition) is 0. The number of aryl methyl sites for hydroxylation is 1. The van der Waals surface area contributed by atoms with Crippen molar-refractivity contribution in [1.82, 2.24) is 9.97 Å². The van der Waals surface area contributed by atoms with Crippen LogP contribution in [-0.2, 0) is 12.5 Å². The average Bonchev–Trinajstić information content (AvgIpc) is 2.52.